The Morgan fingerprint density at radius 1 is 0.548 bits per heavy atom. The molecule has 0 unspecified atom stereocenters. The van der Waals surface area contributed by atoms with Gasteiger partial charge in [-0.05, 0) is 43.7 Å². The van der Waals surface area contributed by atoms with Crippen LogP contribution in [-0.4, -0.2) is 28.6 Å². The lowest BCUT2D eigenvalue weighted by atomic mass is 10.0. The lowest BCUT2D eigenvalue weighted by Crippen LogP contribution is -2.16. The highest BCUT2D eigenvalue weighted by Crippen LogP contribution is 2.50. The number of rotatable bonds is 26. The van der Waals surface area contributed by atoms with Crippen molar-refractivity contribution in [2.45, 2.75) is 142 Å². The summed E-state index contributed by atoms with van der Waals surface area (Å²) in [6, 6.07) is 0. The van der Waals surface area contributed by atoms with Crippen LogP contribution in [0.1, 0.15) is 142 Å². The standard InChI is InChI=1S/C25H54NO3PS/c1-2-3-4-5-6-7-8-9-10-11-12-13-14-15-16-17-18-20-23-26-24-21-19-22-25-31-30(27,28)29/h26H,2-25H2,1H3,(H2,27,28,29). The summed E-state index contributed by atoms with van der Waals surface area (Å²) in [6.45, 7) is 0.559. The molecule has 0 aromatic heterocycles. The van der Waals surface area contributed by atoms with E-state index in [-0.39, 0.29) is 0 Å². The van der Waals surface area contributed by atoms with Crippen LogP contribution in [0.15, 0.2) is 0 Å². The Hall–Kier alpha value is 0.460. The summed E-state index contributed by atoms with van der Waals surface area (Å²) in [5.74, 6) is 0.559. The Balaban J connectivity index is 3.03. The zero-order valence-electron chi connectivity index (χ0n) is 20.6. The van der Waals surface area contributed by atoms with Crippen molar-refractivity contribution in [3.63, 3.8) is 0 Å². The second-order valence-corrected chi connectivity index (χ2v) is 13.0. The van der Waals surface area contributed by atoms with Crippen LogP contribution in [-0.2, 0) is 4.57 Å². The van der Waals surface area contributed by atoms with Crippen molar-refractivity contribution in [3.05, 3.63) is 0 Å². The topological polar surface area (TPSA) is 69.6 Å². The Morgan fingerprint density at radius 2 is 0.871 bits per heavy atom. The molecule has 0 bridgehead atoms. The van der Waals surface area contributed by atoms with E-state index in [2.05, 4.69) is 12.2 Å². The van der Waals surface area contributed by atoms with E-state index in [4.69, 9.17) is 9.79 Å². The van der Waals surface area contributed by atoms with E-state index < -0.39 is 6.80 Å². The van der Waals surface area contributed by atoms with Crippen molar-refractivity contribution in [2.75, 3.05) is 18.8 Å². The van der Waals surface area contributed by atoms with Crippen LogP contribution < -0.4 is 5.32 Å². The summed E-state index contributed by atoms with van der Waals surface area (Å²) in [4.78, 5) is 17.5. The van der Waals surface area contributed by atoms with E-state index in [1.807, 2.05) is 0 Å². The molecule has 6 heteroatoms. The van der Waals surface area contributed by atoms with Crippen LogP contribution in [0.3, 0.4) is 0 Å². The fourth-order valence-corrected chi connectivity index (χ4v) is 5.66. The first-order chi connectivity index (χ1) is 15.1. The Bertz CT molecular complexity index is 393. The molecule has 31 heavy (non-hydrogen) atoms. The van der Waals surface area contributed by atoms with Crippen molar-refractivity contribution in [3.8, 4) is 0 Å². The van der Waals surface area contributed by atoms with Gasteiger partial charge in [0.15, 0.2) is 0 Å². The number of unbranched alkanes of at least 4 members (excludes halogenated alkanes) is 19. The predicted octanol–water partition coefficient (Wildman–Crippen LogP) is 8.61. The molecule has 0 spiro atoms. The first-order valence-electron chi connectivity index (χ1n) is 13.5. The maximum absolute atomic E-state index is 10.7. The summed E-state index contributed by atoms with van der Waals surface area (Å²) in [5.41, 5.74) is 0. The first kappa shape index (κ1) is 31.5. The number of hydrogen-bond donors (Lipinski definition) is 3. The molecule has 4 nitrogen and oxygen atoms in total. The third-order valence-electron chi connectivity index (χ3n) is 5.96. The zero-order chi connectivity index (χ0) is 22.9. The van der Waals surface area contributed by atoms with Crippen LogP contribution in [0.2, 0.25) is 0 Å². The van der Waals surface area contributed by atoms with Gasteiger partial charge in [0.2, 0.25) is 0 Å². The fourth-order valence-electron chi connectivity index (χ4n) is 3.99. The molecule has 0 saturated heterocycles. The van der Waals surface area contributed by atoms with Crippen molar-refractivity contribution < 1.29 is 14.4 Å². The molecule has 0 aromatic carbocycles. The highest BCUT2D eigenvalue weighted by molar-refractivity contribution is 8.54. The summed E-state index contributed by atoms with van der Waals surface area (Å²) in [6.07, 6.45) is 28.5. The Morgan fingerprint density at radius 3 is 1.23 bits per heavy atom. The van der Waals surface area contributed by atoms with Crippen LogP contribution in [0, 0.1) is 0 Å². The maximum atomic E-state index is 10.7. The van der Waals surface area contributed by atoms with Gasteiger partial charge in [0.05, 0.1) is 0 Å². The summed E-state index contributed by atoms with van der Waals surface area (Å²) < 4.78 is 10.7. The smallest absolute Gasteiger partial charge is 0.317 e. The summed E-state index contributed by atoms with van der Waals surface area (Å²) in [7, 11) is 0. The van der Waals surface area contributed by atoms with Crippen molar-refractivity contribution in [1.82, 2.24) is 5.32 Å². The normalized spacial score (nSPS) is 12.0. The Kier molecular flexibility index (Phi) is 25.5. The highest BCUT2D eigenvalue weighted by Gasteiger charge is 2.11. The number of hydrogen-bond acceptors (Lipinski definition) is 3. The minimum Gasteiger partial charge on any atom is -0.317 e. The van der Waals surface area contributed by atoms with Gasteiger partial charge in [-0.1, -0.05) is 122 Å². The zero-order valence-corrected chi connectivity index (χ0v) is 22.3. The quantitative estimate of drug-likeness (QED) is 0.0855. The van der Waals surface area contributed by atoms with Crippen LogP contribution in [0.4, 0.5) is 0 Å². The second-order valence-electron chi connectivity index (χ2n) is 9.14. The van der Waals surface area contributed by atoms with Crippen molar-refractivity contribution in [2.24, 2.45) is 0 Å². The minimum atomic E-state index is -3.86. The first-order valence-corrected chi connectivity index (χ1v) is 16.7. The molecule has 0 aliphatic carbocycles. The molecule has 0 amide bonds. The molecule has 0 rings (SSSR count). The van der Waals surface area contributed by atoms with Gasteiger partial charge in [-0.25, -0.2) is 4.57 Å². The monoisotopic (exact) mass is 479 g/mol. The lowest BCUT2D eigenvalue weighted by molar-refractivity contribution is 0.397. The van der Waals surface area contributed by atoms with Gasteiger partial charge in [0, 0.05) is 5.75 Å². The molecule has 0 aliphatic heterocycles. The van der Waals surface area contributed by atoms with E-state index >= 15 is 0 Å². The maximum Gasteiger partial charge on any atom is 0.383 e. The van der Waals surface area contributed by atoms with E-state index in [1.54, 1.807) is 0 Å². The van der Waals surface area contributed by atoms with Gasteiger partial charge in [-0.15, -0.1) is 0 Å². The van der Waals surface area contributed by atoms with Gasteiger partial charge in [-0.2, -0.15) is 0 Å². The summed E-state index contributed by atoms with van der Waals surface area (Å²) in [5, 5.41) is 3.49. The molecule has 0 saturated carbocycles. The van der Waals surface area contributed by atoms with Crippen LogP contribution in [0.25, 0.3) is 0 Å². The van der Waals surface area contributed by atoms with E-state index in [1.165, 1.54) is 116 Å². The lowest BCUT2D eigenvalue weighted by Gasteiger charge is -2.06. The van der Waals surface area contributed by atoms with Crippen LogP contribution in [0.5, 0.6) is 0 Å². The molecule has 0 radical (unpaired) electrons. The van der Waals surface area contributed by atoms with Crippen molar-refractivity contribution >= 4 is 18.2 Å². The molecular weight excluding hydrogens is 425 g/mol. The van der Waals surface area contributed by atoms with E-state index in [9.17, 15) is 4.57 Å². The fraction of sp³-hybridized carbons (Fsp3) is 1.00. The second kappa shape index (κ2) is 25.1. The van der Waals surface area contributed by atoms with Gasteiger partial charge < -0.3 is 15.1 Å². The highest BCUT2D eigenvalue weighted by atomic mass is 32.7. The average molecular weight is 480 g/mol. The third-order valence-corrected chi connectivity index (χ3v) is 8.33. The van der Waals surface area contributed by atoms with E-state index in [0.29, 0.717) is 5.75 Å². The molecule has 0 heterocycles. The van der Waals surface area contributed by atoms with Crippen molar-refractivity contribution in [1.29, 1.82) is 0 Å². The van der Waals surface area contributed by atoms with Gasteiger partial charge in [-0.3, -0.25) is 0 Å². The SMILES string of the molecule is CCCCCCCCCCCCCCCCCCCCNCCCCCSP(=O)(O)O. The molecule has 0 atom stereocenters. The third kappa shape index (κ3) is 30.5. The van der Waals surface area contributed by atoms with Crippen LogP contribution >= 0.6 is 18.2 Å². The van der Waals surface area contributed by atoms with Gasteiger partial charge in [0.1, 0.15) is 0 Å². The number of nitrogens with one attached hydrogen (secondary N) is 1. The molecular formula is C25H54NO3PS. The predicted molar refractivity (Wildman–Crippen MR) is 140 cm³/mol. The molecule has 0 aliphatic rings. The van der Waals surface area contributed by atoms with Gasteiger partial charge in [0.25, 0.3) is 0 Å². The minimum absolute atomic E-state index is 0.559. The molecule has 0 fully saturated rings. The summed E-state index contributed by atoms with van der Waals surface area (Å²) >= 11 is 0.772. The largest absolute Gasteiger partial charge is 0.383 e. The Labute approximate surface area is 198 Å². The van der Waals surface area contributed by atoms with E-state index in [0.717, 1.165) is 43.7 Å². The molecule has 188 valence electrons. The molecule has 3 N–H and O–H groups in total. The average Bonchev–Trinajstić information content (AvgIpc) is 2.73. The van der Waals surface area contributed by atoms with Gasteiger partial charge >= 0.3 is 6.80 Å². The molecule has 0 aromatic rings.